The van der Waals surface area contributed by atoms with Gasteiger partial charge in [0.2, 0.25) is 0 Å². The van der Waals surface area contributed by atoms with E-state index in [2.05, 4.69) is 15.3 Å². The summed E-state index contributed by atoms with van der Waals surface area (Å²) >= 11 is 0. The molecule has 0 bridgehead atoms. The predicted molar refractivity (Wildman–Crippen MR) is 151 cm³/mol. The third-order valence-electron chi connectivity index (χ3n) is 7.37. The van der Waals surface area contributed by atoms with Crippen LogP contribution in [0.3, 0.4) is 0 Å². The van der Waals surface area contributed by atoms with E-state index in [1.165, 1.54) is 18.1 Å². The monoisotopic (exact) mass is 568 g/mol. The summed E-state index contributed by atoms with van der Waals surface area (Å²) in [6.07, 6.45) is 2.68. The molecule has 2 amide bonds. The minimum atomic E-state index is -0.966. The molecule has 1 saturated carbocycles. The van der Waals surface area contributed by atoms with Gasteiger partial charge in [-0.05, 0) is 65.0 Å². The van der Waals surface area contributed by atoms with E-state index in [1.807, 2.05) is 0 Å². The van der Waals surface area contributed by atoms with Crippen molar-refractivity contribution in [1.82, 2.24) is 20.2 Å². The molecular weight excluding hydrogens is 531 g/mol. The van der Waals surface area contributed by atoms with Crippen LogP contribution in [0, 0.1) is 18.7 Å². The topological polar surface area (TPSA) is 126 Å². The molecule has 0 unspecified atom stereocenters. The lowest BCUT2D eigenvalue weighted by molar-refractivity contribution is -0.00408. The van der Waals surface area contributed by atoms with Gasteiger partial charge in [-0.3, -0.25) is 9.78 Å². The van der Waals surface area contributed by atoms with Crippen molar-refractivity contribution in [1.29, 1.82) is 0 Å². The molecule has 3 heterocycles. The average Bonchev–Trinajstić information content (AvgIpc) is 3.67. The summed E-state index contributed by atoms with van der Waals surface area (Å²) in [5.74, 6) is 0.0267. The van der Waals surface area contributed by atoms with E-state index in [0.717, 1.165) is 12.8 Å². The second-order valence-electron chi connectivity index (χ2n) is 11.8. The quantitative estimate of drug-likeness (QED) is 0.381. The number of carbonyl (C=O) groups is 2. The van der Waals surface area contributed by atoms with Crippen LogP contribution < -0.4 is 14.8 Å². The number of nitrogens with one attached hydrogen (secondary N) is 2. The summed E-state index contributed by atoms with van der Waals surface area (Å²) in [6.45, 7) is 8.01. The number of aliphatic hydroxyl groups excluding tert-OH is 1. The molecule has 0 spiro atoms. The Kier molecular flexibility index (Phi) is 7.83. The fourth-order valence-electron chi connectivity index (χ4n) is 5.05. The van der Waals surface area contributed by atoms with Crippen molar-refractivity contribution in [3.8, 4) is 22.6 Å². The van der Waals surface area contributed by atoms with Crippen LogP contribution in [0.15, 0.2) is 24.4 Å². The van der Waals surface area contributed by atoms with Gasteiger partial charge in [-0.25, -0.2) is 9.18 Å². The molecule has 1 aliphatic heterocycles. The molecule has 41 heavy (non-hydrogen) atoms. The predicted octanol–water partition coefficient (Wildman–Crippen LogP) is 4.57. The Morgan fingerprint density at radius 1 is 1.20 bits per heavy atom. The molecule has 220 valence electrons. The summed E-state index contributed by atoms with van der Waals surface area (Å²) in [7, 11) is 1.41. The second kappa shape index (κ2) is 11.2. The van der Waals surface area contributed by atoms with Crippen molar-refractivity contribution in [3.05, 3.63) is 41.5 Å². The molecule has 2 atom stereocenters. The number of piperidine rings is 1. The van der Waals surface area contributed by atoms with Crippen LogP contribution in [0.1, 0.15) is 56.1 Å². The lowest BCUT2D eigenvalue weighted by Crippen LogP contribution is -2.56. The van der Waals surface area contributed by atoms with Crippen molar-refractivity contribution >= 4 is 23.0 Å². The molecule has 3 N–H and O–H groups in total. The van der Waals surface area contributed by atoms with Crippen LogP contribution in [0.5, 0.6) is 11.5 Å². The minimum absolute atomic E-state index is 0.0468. The standard InChI is InChI=1S/C30H37FN4O6/c1-16-25(28(37)34-21-9-11-35(14-22(21)36)29(38)41-30(2,3)4)27-26(33-16)18(8-10-32-27)19-12-24(39-5)20(31)13-23(19)40-15-17-6-7-17/h8,10,12-13,17,21-22,33,36H,6-7,9,11,14-15H2,1-5H3,(H,34,37)/t21-,22-/m1/s1. The second-order valence-corrected chi connectivity index (χ2v) is 11.8. The van der Waals surface area contributed by atoms with Crippen molar-refractivity contribution in [2.45, 2.75) is 64.7 Å². The van der Waals surface area contributed by atoms with Gasteiger partial charge in [0.25, 0.3) is 5.91 Å². The lowest BCUT2D eigenvalue weighted by atomic mass is 10.0. The van der Waals surface area contributed by atoms with Crippen LogP contribution >= 0.6 is 0 Å². The Bertz CT molecular complexity index is 1460. The van der Waals surface area contributed by atoms with Crippen LogP contribution in [-0.2, 0) is 4.74 Å². The van der Waals surface area contributed by atoms with Crippen molar-refractivity contribution in [3.63, 3.8) is 0 Å². The van der Waals surface area contributed by atoms with E-state index in [4.69, 9.17) is 14.2 Å². The number of β-amino-alcohol motifs (C(OH)–C–C–N with tert-alkyl or cyclic N) is 1. The number of likely N-dealkylation sites (tertiary alicyclic amines) is 1. The average molecular weight is 569 g/mol. The normalized spacial score (nSPS) is 19.2. The van der Waals surface area contributed by atoms with Gasteiger partial charge in [0, 0.05) is 35.6 Å². The SMILES string of the molecule is COc1cc(-c2ccnc3c(C(=O)N[C@@H]4CCN(C(=O)OC(C)(C)C)C[C@H]4O)c(C)[nH]c23)c(OCC2CC2)cc1F. The molecule has 0 radical (unpaired) electrons. The molecule has 1 aliphatic carbocycles. The molecule has 5 rings (SSSR count). The van der Waals surface area contributed by atoms with Gasteiger partial charge in [-0.15, -0.1) is 0 Å². The van der Waals surface area contributed by atoms with Crippen molar-refractivity contribution in [2.75, 3.05) is 26.8 Å². The highest BCUT2D eigenvalue weighted by Crippen LogP contribution is 2.40. The van der Waals surface area contributed by atoms with E-state index in [0.29, 0.717) is 64.7 Å². The molecule has 3 aromatic rings. The number of nitrogens with zero attached hydrogens (tertiary/aromatic N) is 2. The molecular formula is C30H37FN4O6. The maximum atomic E-state index is 14.6. The lowest BCUT2D eigenvalue weighted by Gasteiger charge is -2.36. The van der Waals surface area contributed by atoms with E-state index in [-0.39, 0.29) is 12.3 Å². The largest absolute Gasteiger partial charge is 0.494 e. The molecule has 2 aromatic heterocycles. The number of aromatic nitrogens is 2. The molecule has 2 fully saturated rings. The zero-order chi connectivity index (χ0) is 29.5. The van der Waals surface area contributed by atoms with Crippen molar-refractivity contribution < 1.29 is 33.3 Å². The zero-order valence-electron chi connectivity index (χ0n) is 24.0. The number of H-pyrrole nitrogens is 1. The highest BCUT2D eigenvalue weighted by Gasteiger charge is 2.34. The maximum absolute atomic E-state index is 14.6. The number of methoxy groups -OCH3 is 1. The Labute approximate surface area is 238 Å². The number of ether oxygens (including phenoxy) is 3. The smallest absolute Gasteiger partial charge is 0.410 e. The molecule has 11 heteroatoms. The van der Waals surface area contributed by atoms with Gasteiger partial charge in [0.05, 0.1) is 43.5 Å². The summed E-state index contributed by atoms with van der Waals surface area (Å²) in [5, 5.41) is 13.7. The van der Waals surface area contributed by atoms with Gasteiger partial charge < -0.3 is 34.5 Å². The molecule has 2 aliphatic rings. The van der Waals surface area contributed by atoms with Gasteiger partial charge in [-0.1, -0.05) is 0 Å². The first-order chi connectivity index (χ1) is 19.4. The first-order valence-electron chi connectivity index (χ1n) is 13.9. The Balaban J connectivity index is 1.39. The third-order valence-corrected chi connectivity index (χ3v) is 7.37. The number of aliphatic hydroxyl groups is 1. The summed E-state index contributed by atoms with van der Waals surface area (Å²) < 4.78 is 31.3. The summed E-state index contributed by atoms with van der Waals surface area (Å²) in [6, 6.07) is 4.15. The zero-order valence-corrected chi connectivity index (χ0v) is 24.0. The highest BCUT2D eigenvalue weighted by molar-refractivity contribution is 6.10. The maximum Gasteiger partial charge on any atom is 0.410 e. The molecule has 10 nitrogen and oxygen atoms in total. The van der Waals surface area contributed by atoms with Gasteiger partial charge in [-0.2, -0.15) is 0 Å². The number of halogens is 1. The third kappa shape index (κ3) is 6.24. The van der Waals surface area contributed by atoms with E-state index in [9.17, 15) is 19.1 Å². The number of carbonyl (C=O) groups excluding carboxylic acids is 2. The Morgan fingerprint density at radius 2 is 1.95 bits per heavy atom. The summed E-state index contributed by atoms with van der Waals surface area (Å²) in [4.78, 5) is 35.2. The number of benzene rings is 1. The first kappa shape index (κ1) is 28.7. The number of hydrogen-bond acceptors (Lipinski definition) is 7. The molecule has 1 aromatic carbocycles. The Morgan fingerprint density at radius 3 is 2.61 bits per heavy atom. The van der Waals surface area contributed by atoms with Crippen LogP contribution in [0.4, 0.5) is 9.18 Å². The first-order valence-corrected chi connectivity index (χ1v) is 13.9. The van der Waals surface area contributed by atoms with Crippen LogP contribution in [-0.4, -0.2) is 76.5 Å². The molecule has 1 saturated heterocycles. The van der Waals surface area contributed by atoms with E-state index >= 15 is 0 Å². The van der Waals surface area contributed by atoms with Gasteiger partial charge in [0.15, 0.2) is 11.6 Å². The summed E-state index contributed by atoms with van der Waals surface area (Å²) in [5.41, 5.74) is 2.64. The number of fused-ring (bicyclic) bond motifs is 1. The van der Waals surface area contributed by atoms with Gasteiger partial charge in [0.1, 0.15) is 16.9 Å². The minimum Gasteiger partial charge on any atom is -0.494 e. The highest BCUT2D eigenvalue weighted by atomic mass is 19.1. The Hall–Kier alpha value is -3.86. The number of amides is 2. The fourth-order valence-corrected chi connectivity index (χ4v) is 5.05. The van der Waals surface area contributed by atoms with Crippen LogP contribution in [0.2, 0.25) is 0 Å². The number of pyridine rings is 1. The number of rotatable bonds is 7. The van der Waals surface area contributed by atoms with Crippen LogP contribution in [0.25, 0.3) is 22.2 Å². The van der Waals surface area contributed by atoms with E-state index in [1.54, 1.807) is 46.0 Å². The number of aryl methyl sites for hydroxylation is 1. The van der Waals surface area contributed by atoms with Crippen molar-refractivity contribution in [2.24, 2.45) is 5.92 Å². The van der Waals surface area contributed by atoms with Gasteiger partial charge >= 0.3 is 6.09 Å². The fraction of sp³-hybridized carbons (Fsp3) is 0.500. The number of hydrogen-bond donors (Lipinski definition) is 3. The number of aromatic amines is 1. The van der Waals surface area contributed by atoms with E-state index < -0.39 is 35.6 Å².